The monoisotopic (exact) mass is 276 g/mol. The first-order valence-corrected chi connectivity index (χ1v) is 7.76. The molecule has 2 rings (SSSR count). The van der Waals surface area contributed by atoms with Gasteiger partial charge >= 0.3 is 0 Å². The normalized spacial score (nSPS) is 17.6. The average Bonchev–Trinajstić information content (AvgIpc) is 2.47. The molecule has 1 fully saturated rings. The van der Waals surface area contributed by atoms with E-state index in [2.05, 4.69) is 53.3 Å². The van der Waals surface area contributed by atoms with E-state index in [0.29, 0.717) is 6.04 Å². The fourth-order valence-corrected chi connectivity index (χ4v) is 2.73. The van der Waals surface area contributed by atoms with Crippen LogP contribution in [-0.4, -0.2) is 54.6 Å². The lowest BCUT2D eigenvalue weighted by molar-refractivity contribution is 0.139. The second kappa shape index (κ2) is 7.60. The van der Waals surface area contributed by atoms with Crippen molar-refractivity contribution in [3.8, 4) is 0 Å². The molecular formula is C16H28N4. The molecule has 0 spiro atoms. The maximum atomic E-state index is 4.48. The molecule has 1 aliphatic heterocycles. The van der Waals surface area contributed by atoms with Gasteiger partial charge in [-0.25, -0.2) is 4.98 Å². The number of aromatic nitrogens is 1. The van der Waals surface area contributed by atoms with E-state index in [-0.39, 0.29) is 0 Å². The summed E-state index contributed by atoms with van der Waals surface area (Å²) in [5.41, 5.74) is 1.30. The highest BCUT2D eigenvalue weighted by molar-refractivity contribution is 5.35. The lowest BCUT2D eigenvalue weighted by atomic mass is 10.0. The van der Waals surface area contributed by atoms with Crippen molar-refractivity contribution in [2.45, 2.75) is 38.8 Å². The second-order valence-electron chi connectivity index (χ2n) is 5.93. The second-order valence-corrected chi connectivity index (χ2v) is 5.93. The Morgan fingerprint density at radius 1 is 1.35 bits per heavy atom. The maximum absolute atomic E-state index is 4.48. The molecule has 0 bridgehead atoms. The van der Waals surface area contributed by atoms with Gasteiger partial charge in [0.05, 0.1) is 0 Å². The minimum Gasteiger partial charge on any atom is -0.370 e. The third-order valence-electron chi connectivity index (χ3n) is 4.12. The molecule has 1 N–H and O–H groups in total. The number of hydrogen-bond donors (Lipinski definition) is 1. The minimum atomic E-state index is 0.712. The van der Waals surface area contributed by atoms with Gasteiger partial charge in [-0.3, -0.25) is 4.90 Å². The molecule has 0 amide bonds. The van der Waals surface area contributed by atoms with E-state index >= 15 is 0 Å². The van der Waals surface area contributed by atoms with E-state index in [4.69, 9.17) is 0 Å². The molecule has 2 heterocycles. The SMILES string of the molecule is CCCNc1ccc(CN(C)C2CCN(C)CC2)cn1. The van der Waals surface area contributed by atoms with Crippen LogP contribution >= 0.6 is 0 Å². The van der Waals surface area contributed by atoms with E-state index in [9.17, 15) is 0 Å². The smallest absolute Gasteiger partial charge is 0.125 e. The Morgan fingerprint density at radius 3 is 2.70 bits per heavy atom. The minimum absolute atomic E-state index is 0.712. The predicted molar refractivity (Wildman–Crippen MR) is 85.0 cm³/mol. The molecule has 20 heavy (non-hydrogen) atoms. The molecular weight excluding hydrogens is 248 g/mol. The zero-order valence-corrected chi connectivity index (χ0v) is 13.1. The first-order valence-electron chi connectivity index (χ1n) is 7.76. The van der Waals surface area contributed by atoms with E-state index in [1.165, 1.54) is 31.5 Å². The van der Waals surface area contributed by atoms with Crippen LogP contribution in [0.1, 0.15) is 31.7 Å². The largest absolute Gasteiger partial charge is 0.370 e. The van der Waals surface area contributed by atoms with E-state index in [1.54, 1.807) is 0 Å². The number of nitrogens with zero attached hydrogens (tertiary/aromatic N) is 3. The van der Waals surface area contributed by atoms with Gasteiger partial charge in [0, 0.05) is 25.3 Å². The molecule has 0 unspecified atom stereocenters. The Kier molecular flexibility index (Phi) is 5.80. The van der Waals surface area contributed by atoms with Crippen LogP contribution in [0.2, 0.25) is 0 Å². The third kappa shape index (κ3) is 4.46. The van der Waals surface area contributed by atoms with Crippen molar-refractivity contribution in [3.05, 3.63) is 23.9 Å². The number of pyridine rings is 1. The molecule has 0 radical (unpaired) electrons. The maximum Gasteiger partial charge on any atom is 0.125 e. The van der Waals surface area contributed by atoms with Crippen molar-refractivity contribution in [2.24, 2.45) is 0 Å². The highest BCUT2D eigenvalue weighted by Crippen LogP contribution is 2.16. The topological polar surface area (TPSA) is 31.4 Å². The Labute approximate surface area is 123 Å². The highest BCUT2D eigenvalue weighted by Gasteiger charge is 2.20. The van der Waals surface area contributed by atoms with Crippen LogP contribution in [0.4, 0.5) is 5.82 Å². The van der Waals surface area contributed by atoms with Crippen LogP contribution in [0.3, 0.4) is 0 Å². The summed E-state index contributed by atoms with van der Waals surface area (Å²) in [5, 5.41) is 3.31. The quantitative estimate of drug-likeness (QED) is 0.864. The van der Waals surface area contributed by atoms with Crippen molar-refractivity contribution in [1.82, 2.24) is 14.8 Å². The molecule has 4 heteroatoms. The highest BCUT2D eigenvalue weighted by atomic mass is 15.2. The zero-order valence-electron chi connectivity index (χ0n) is 13.1. The predicted octanol–water partition coefficient (Wildman–Crippen LogP) is 2.43. The van der Waals surface area contributed by atoms with Crippen molar-refractivity contribution < 1.29 is 0 Å². The Morgan fingerprint density at radius 2 is 2.10 bits per heavy atom. The number of rotatable bonds is 6. The summed E-state index contributed by atoms with van der Waals surface area (Å²) >= 11 is 0. The molecule has 1 aliphatic rings. The number of likely N-dealkylation sites (tertiary alicyclic amines) is 1. The lowest BCUT2D eigenvalue weighted by Crippen LogP contribution is -2.41. The van der Waals surface area contributed by atoms with Gasteiger partial charge in [-0.2, -0.15) is 0 Å². The van der Waals surface area contributed by atoms with Crippen LogP contribution in [-0.2, 0) is 6.54 Å². The number of piperidine rings is 1. The molecule has 4 nitrogen and oxygen atoms in total. The van der Waals surface area contributed by atoms with Crippen molar-refractivity contribution in [2.75, 3.05) is 39.0 Å². The Hall–Kier alpha value is -1.13. The summed E-state index contributed by atoms with van der Waals surface area (Å²) in [5.74, 6) is 0.984. The molecule has 1 saturated heterocycles. The van der Waals surface area contributed by atoms with Crippen LogP contribution in [0.15, 0.2) is 18.3 Å². The summed E-state index contributed by atoms with van der Waals surface area (Å²) in [6, 6.07) is 4.99. The zero-order chi connectivity index (χ0) is 14.4. The summed E-state index contributed by atoms with van der Waals surface area (Å²) in [6.07, 6.45) is 5.68. The van der Waals surface area contributed by atoms with Crippen molar-refractivity contribution in [1.29, 1.82) is 0 Å². The van der Waals surface area contributed by atoms with Crippen molar-refractivity contribution in [3.63, 3.8) is 0 Å². The van der Waals surface area contributed by atoms with E-state index in [0.717, 1.165) is 25.3 Å². The van der Waals surface area contributed by atoms with E-state index < -0.39 is 0 Å². The number of hydrogen-bond acceptors (Lipinski definition) is 4. The first-order chi connectivity index (χ1) is 9.69. The fourth-order valence-electron chi connectivity index (χ4n) is 2.73. The van der Waals surface area contributed by atoms with E-state index in [1.807, 2.05) is 6.20 Å². The molecule has 0 atom stereocenters. The molecule has 0 aromatic carbocycles. The molecule has 0 saturated carbocycles. The molecule has 112 valence electrons. The summed E-state index contributed by atoms with van der Waals surface area (Å²) in [4.78, 5) is 9.37. The van der Waals surface area contributed by atoms with Crippen LogP contribution in [0.25, 0.3) is 0 Å². The Balaban J connectivity index is 1.83. The standard InChI is InChI=1S/C16H28N4/c1-4-9-17-16-6-5-14(12-18-16)13-20(3)15-7-10-19(2)11-8-15/h5-6,12,15H,4,7-11,13H2,1-3H3,(H,17,18). The van der Waals surface area contributed by atoms with Gasteiger partial charge < -0.3 is 10.2 Å². The third-order valence-corrected chi connectivity index (χ3v) is 4.12. The lowest BCUT2D eigenvalue weighted by Gasteiger charge is -2.35. The summed E-state index contributed by atoms with van der Waals surface area (Å²) in [7, 11) is 4.45. The summed E-state index contributed by atoms with van der Waals surface area (Å²) in [6.45, 7) is 6.58. The fraction of sp³-hybridized carbons (Fsp3) is 0.688. The van der Waals surface area contributed by atoms with Gasteiger partial charge in [0.1, 0.15) is 5.82 Å². The number of nitrogens with one attached hydrogen (secondary N) is 1. The van der Waals surface area contributed by atoms with Gasteiger partial charge in [0.15, 0.2) is 0 Å². The van der Waals surface area contributed by atoms with Gasteiger partial charge in [-0.15, -0.1) is 0 Å². The van der Waals surface area contributed by atoms with Gasteiger partial charge in [0.25, 0.3) is 0 Å². The Bertz CT molecular complexity index is 382. The van der Waals surface area contributed by atoms with Crippen LogP contribution in [0, 0.1) is 0 Å². The van der Waals surface area contributed by atoms with Crippen LogP contribution < -0.4 is 5.32 Å². The van der Waals surface area contributed by atoms with Gasteiger partial charge in [-0.1, -0.05) is 13.0 Å². The van der Waals surface area contributed by atoms with Gasteiger partial charge in [-0.05, 0) is 58.1 Å². The molecule has 0 aliphatic carbocycles. The number of anilines is 1. The van der Waals surface area contributed by atoms with Crippen LogP contribution in [0.5, 0.6) is 0 Å². The molecule has 1 aromatic heterocycles. The van der Waals surface area contributed by atoms with Gasteiger partial charge in [0.2, 0.25) is 0 Å². The molecule has 1 aromatic rings. The van der Waals surface area contributed by atoms with Crippen molar-refractivity contribution >= 4 is 5.82 Å². The average molecular weight is 276 g/mol. The summed E-state index contributed by atoms with van der Waals surface area (Å²) < 4.78 is 0. The first kappa shape index (κ1) is 15.3.